The van der Waals surface area contributed by atoms with E-state index in [0.29, 0.717) is 36.0 Å². The molecule has 1 saturated heterocycles. The monoisotopic (exact) mass is 410 g/mol. The van der Waals surface area contributed by atoms with E-state index in [0.717, 1.165) is 30.8 Å². The number of nitrogens with two attached hydrogens (primary N) is 1. The van der Waals surface area contributed by atoms with Crippen molar-refractivity contribution in [2.45, 2.75) is 44.6 Å². The van der Waals surface area contributed by atoms with Gasteiger partial charge >= 0.3 is 0 Å². The van der Waals surface area contributed by atoms with Crippen LogP contribution in [0.25, 0.3) is 0 Å². The highest BCUT2D eigenvalue weighted by Crippen LogP contribution is 2.39. The summed E-state index contributed by atoms with van der Waals surface area (Å²) in [6.45, 7) is 3.12. The number of aromatic amines is 2. The van der Waals surface area contributed by atoms with Gasteiger partial charge in [-0.2, -0.15) is 10.1 Å². The van der Waals surface area contributed by atoms with Gasteiger partial charge in [-0.05, 0) is 44.7 Å². The number of likely N-dealkylation sites (tertiary alicyclic amines) is 1. The summed E-state index contributed by atoms with van der Waals surface area (Å²) in [7, 11) is 1.56. The number of aromatic nitrogens is 3. The largest absolute Gasteiger partial charge is 0.369 e. The van der Waals surface area contributed by atoms with Gasteiger partial charge in [-0.15, -0.1) is 12.8 Å². The van der Waals surface area contributed by atoms with Gasteiger partial charge in [-0.25, -0.2) is 4.99 Å². The highest BCUT2D eigenvalue weighted by molar-refractivity contribution is 6.05. The number of aliphatic imine (C=N–C) groups is 2. The fraction of sp³-hybridized carbons (Fsp3) is 0.429. The van der Waals surface area contributed by atoms with Gasteiger partial charge in [-0.1, -0.05) is 0 Å². The first-order valence-electron chi connectivity index (χ1n) is 9.95. The third kappa shape index (κ3) is 6.24. The van der Waals surface area contributed by atoms with E-state index in [1.807, 2.05) is 24.4 Å². The fourth-order valence-electron chi connectivity index (χ4n) is 3.16. The first-order valence-corrected chi connectivity index (χ1v) is 9.95. The second-order valence-electron chi connectivity index (χ2n) is 7.04. The zero-order valence-electron chi connectivity index (χ0n) is 17.5. The van der Waals surface area contributed by atoms with Crippen LogP contribution in [0.1, 0.15) is 49.9 Å². The van der Waals surface area contributed by atoms with Crippen LogP contribution >= 0.6 is 0 Å². The molecular weight excluding hydrogens is 380 g/mol. The fourth-order valence-corrected chi connectivity index (χ4v) is 3.16. The molecule has 1 saturated carbocycles. The minimum atomic E-state index is 0.422. The maximum Gasteiger partial charge on any atom is 0.206 e. The molecule has 0 spiro atoms. The Hall–Kier alpha value is -3.54. The number of hydrogen-bond acceptors (Lipinski definition) is 3. The van der Waals surface area contributed by atoms with Gasteiger partial charge in [0.05, 0.1) is 5.69 Å². The Morgan fingerprint density at radius 2 is 2.13 bits per heavy atom. The minimum Gasteiger partial charge on any atom is -0.369 e. The lowest BCUT2D eigenvalue weighted by atomic mass is 10.2. The molecule has 0 radical (unpaired) electrons. The summed E-state index contributed by atoms with van der Waals surface area (Å²) in [5, 5.41) is 9.62. The van der Waals surface area contributed by atoms with Crippen LogP contribution in [-0.4, -0.2) is 57.9 Å². The molecule has 2 fully saturated rings. The molecule has 5 N–H and O–H groups in total. The Balaban J connectivity index is 0.000000481. The molecule has 2 aliphatic rings. The van der Waals surface area contributed by atoms with Crippen LogP contribution in [0.4, 0.5) is 5.82 Å². The van der Waals surface area contributed by atoms with Crippen LogP contribution in [0.15, 0.2) is 34.4 Å². The molecule has 2 aromatic rings. The molecule has 0 unspecified atom stereocenters. The third-order valence-electron chi connectivity index (χ3n) is 4.85. The van der Waals surface area contributed by atoms with Crippen LogP contribution in [0.5, 0.6) is 0 Å². The van der Waals surface area contributed by atoms with E-state index >= 15 is 0 Å². The zero-order chi connectivity index (χ0) is 21.9. The lowest BCUT2D eigenvalue weighted by Crippen LogP contribution is -2.40. The number of carbonyl (C=O) groups excluding carboxylic acids is 1. The maximum absolute atomic E-state index is 9.06. The van der Waals surface area contributed by atoms with Gasteiger partial charge in [0.15, 0.2) is 17.6 Å². The normalized spacial score (nSPS) is 18.7. The number of nitrogens with one attached hydrogen (secondary N) is 3. The summed E-state index contributed by atoms with van der Waals surface area (Å²) in [5.41, 5.74) is 8.24. The van der Waals surface area contributed by atoms with Crippen molar-refractivity contribution in [3.05, 3.63) is 35.8 Å². The standard InChI is InChI=1S/C17H23N7.C2H5NO.C2H2/c1-11-4-3-9-24(11)17(18)21-16(13-5-2-8-19-13)20-15-10-14(22-23-15)12-6-7-12;1-3-2-4;1-2/h2,5,8,10-12,19H,3-4,6-7,9H2,1H3,(H3,18,20,21,22,23);2H,1H3,(H,3,4);1-2H/t11-;;/m0../s1. The summed E-state index contributed by atoms with van der Waals surface area (Å²) in [4.78, 5) is 23.6. The topological polar surface area (TPSA) is 128 Å². The van der Waals surface area contributed by atoms with Crippen molar-refractivity contribution in [3.8, 4) is 12.8 Å². The lowest BCUT2D eigenvalue weighted by molar-refractivity contribution is -0.109. The van der Waals surface area contributed by atoms with E-state index < -0.39 is 0 Å². The first kappa shape index (κ1) is 22.7. The van der Waals surface area contributed by atoms with Gasteiger partial charge in [0.1, 0.15) is 0 Å². The van der Waals surface area contributed by atoms with E-state index in [4.69, 9.17) is 10.5 Å². The smallest absolute Gasteiger partial charge is 0.206 e. The second-order valence-corrected chi connectivity index (χ2v) is 7.04. The molecule has 3 heterocycles. The summed E-state index contributed by atoms with van der Waals surface area (Å²) in [5.74, 6) is 2.35. The van der Waals surface area contributed by atoms with Crippen LogP contribution in [0.3, 0.4) is 0 Å². The molecule has 30 heavy (non-hydrogen) atoms. The van der Waals surface area contributed by atoms with E-state index in [-0.39, 0.29) is 0 Å². The maximum atomic E-state index is 9.06. The van der Waals surface area contributed by atoms with Gasteiger partial charge < -0.3 is 20.9 Å². The zero-order valence-corrected chi connectivity index (χ0v) is 17.5. The third-order valence-corrected chi connectivity index (χ3v) is 4.85. The summed E-state index contributed by atoms with van der Waals surface area (Å²) in [6, 6.07) is 6.29. The summed E-state index contributed by atoms with van der Waals surface area (Å²) < 4.78 is 0. The van der Waals surface area contributed by atoms with Crippen molar-refractivity contribution < 1.29 is 4.79 Å². The van der Waals surface area contributed by atoms with Crippen LogP contribution in [0, 0.1) is 12.8 Å². The molecule has 0 aromatic carbocycles. The van der Waals surface area contributed by atoms with Crippen LogP contribution in [-0.2, 0) is 4.79 Å². The molecular formula is C21H30N8O. The van der Waals surface area contributed by atoms with Gasteiger partial charge in [0.2, 0.25) is 6.41 Å². The quantitative estimate of drug-likeness (QED) is 0.266. The molecule has 1 amide bonds. The second kappa shape index (κ2) is 11.5. The SMILES string of the molecule is C#C.CNC=O.C[C@H]1CCCN1C(N)=NC(=Nc1cc(C2CC2)[nH]n1)c1ccc[nH]1. The van der Waals surface area contributed by atoms with E-state index in [2.05, 4.69) is 55.2 Å². The van der Waals surface area contributed by atoms with Crippen molar-refractivity contribution in [3.63, 3.8) is 0 Å². The summed E-state index contributed by atoms with van der Waals surface area (Å²) >= 11 is 0. The van der Waals surface area contributed by atoms with E-state index in [1.165, 1.54) is 12.8 Å². The number of amidine groups is 1. The van der Waals surface area contributed by atoms with Gasteiger partial charge in [0.25, 0.3) is 0 Å². The van der Waals surface area contributed by atoms with Crippen LogP contribution in [0.2, 0.25) is 0 Å². The number of hydrogen-bond donors (Lipinski definition) is 4. The average Bonchev–Trinajstić information content (AvgIpc) is 3.16. The number of nitrogens with zero attached hydrogens (tertiary/aromatic N) is 4. The Kier molecular flexibility index (Phi) is 8.69. The molecule has 160 valence electrons. The number of H-pyrrole nitrogens is 2. The number of amides is 1. The Bertz CT molecular complexity index is 861. The number of carbonyl (C=O) groups is 1. The summed E-state index contributed by atoms with van der Waals surface area (Å²) in [6.07, 6.45) is 15.2. The lowest BCUT2D eigenvalue weighted by Gasteiger charge is -2.22. The molecule has 1 atom stereocenters. The average molecular weight is 411 g/mol. The van der Waals surface area contributed by atoms with E-state index in [1.54, 1.807) is 7.05 Å². The first-order chi connectivity index (χ1) is 14.6. The van der Waals surface area contributed by atoms with Crippen molar-refractivity contribution in [1.29, 1.82) is 0 Å². The Morgan fingerprint density at radius 1 is 1.40 bits per heavy atom. The highest BCUT2D eigenvalue weighted by atomic mass is 16.1. The highest BCUT2D eigenvalue weighted by Gasteiger charge is 2.26. The van der Waals surface area contributed by atoms with Gasteiger partial charge in [0, 0.05) is 43.5 Å². The Labute approximate surface area is 177 Å². The number of rotatable bonds is 4. The van der Waals surface area contributed by atoms with Crippen molar-refractivity contribution in [1.82, 2.24) is 25.4 Å². The molecule has 1 aliphatic heterocycles. The molecule has 2 aromatic heterocycles. The minimum absolute atomic E-state index is 0.422. The van der Waals surface area contributed by atoms with E-state index in [9.17, 15) is 0 Å². The van der Waals surface area contributed by atoms with Crippen molar-refractivity contribution >= 4 is 24.0 Å². The predicted octanol–water partition coefficient (Wildman–Crippen LogP) is 2.10. The molecule has 9 heteroatoms. The number of guanidine groups is 1. The molecule has 1 aliphatic carbocycles. The molecule has 4 rings (SSSR count). The van der Waals surface area contributed by atoms with Gasteiger partial charge in [-0.3, -0.25) is 9.89 Å². The van der Waals surface area contributed by atoms with Crippen LogP contribution < -0.4 is 11.1 Å². The Morgan fingerprint density at radius 3 is 2.67 bits per heavy atom. The molecule has 9 nitrogen and oxygen atoms in total. The molecule has 0 bridgehead atoms. The number of terminal acetylenes is 1. The van der Waals surface area contributed by atoms with Crippen molar-refractivity contribution in [2.24, 2.45) is 15.7 Å². The predicted molar refractivity (Wildman–Crippen MR) is 120 cm³/mol. The van der Waals surface area contributed by atoms with Crippen molar-refractivity contribution in [2.75, 3.05) is 13.6 Å².